The van der Waals surface area contributed by atoms with Crippen molar-refractivity contribution in [3.8, 4) is 11.5 Å². The zero-order chi connectivity index (χ0) is 16.2. The van der Waals surface area contributed by atoms with Gasteiger partial charge in [-0.25, -0.2) is 0 Å². The van der Waals surface area contributed by atoms with Crippen molar-refractivity contribution in [3.63, 3.8) is 0 Å². The van der Waals surface area contributed by atoms with Gasteiger partial charge in [-0.3, -0.25) is 9.79 Å². The Bertz CT molecular complexity index is 756. The number of carbonyl (C=O) groups is 1. The summed E-state index contributed by atoms with van der Waals surface area (Å²) in [4.78, 5) is 16.5. The number of amides is 1. The third-order valence-corrected chi connectivity index (χ3v) is 3.90. The molecule has 1 aliphatic heterocycles. The average Bonchev–Trinajstić information content (AvgIpc) is 2.57. The summed E-state index contributed by atoms with van der Waals surface area (Å²) in [7, 11) is 1.51. The molecule has 0 saturated carbocycles. The lowest BCUT2D eigenvalue weighted by molar-refractivity contribution is -0.121. The molecule has 0 saturated heterocycles. The Morgan fingerprint density at radius 3 is 2.96 bits per heavy atom. The van der Waals surface area contributed by atoms with Crippen LogP contribution in [0.5, 0.6) is 11.5 Å². The van der Waals surface area contributed by atoms with Gasteiger partial charge in [0.25, 0.3) is 0 Å². The number of hydrogen-bond acceptors (Lipinski definition) is 4. The summed E-state index contributed by atoms with van der Waals surface area (Å²) in [5, 5.41) is 12.6. The monoisotopic (exact) mass is 310 g/mol. The third kappa shape index (κ3) is 3.18. The summed E-state index contributed by atoms with van der Waals surface area (Å²) in [6, 6.07) is 13.0. The summed E-state index contributed by atoms with van der Waals surface area (Å²) >= 11 is 0. The molecule has 23 heavy (non-hydrogen) atoms. The highest BCUT2D eigenvalue weighted by Crippen LogP contribution is 2.27. The molecule has 0 aliphatic carbocycles. The SMILES string of the molecule is COc1ccc(CN=CC2C(=O)NCc3ccccc32)cc1O. The van der Waals surface area contributed by atoms with E-state index in [1.54, 1.807) is 18.3 Å². The van der Waals surface area contributed by atoms with Crippen LogP contribution in [0.2, 0.25) is 0 Å². The molecule has 1 unspecified atom stereocenters. The Labute approximate surface area is 134 Å². The number of ether oxygens (including phenoxy) is 1. The van der Waals surface area contributed by atoms with E-state index in [1.165, 1.54) is 7.11 Å². The zero-order valence-electron chi connectivity index (χ0n) is 12.8. The molecular weight excluding hydrogens is 292 g/mol. The van der Waals surface area contributed by atoms with Gasteiger partial charge in [0.1, 0.15) is 0 Å². The molecule has 1 atom stereocenters. The highest BCUT2D eigenvalue weighted by molar-refractivity contribution is 6.00. The van der Waals surface area contributed by atoms with Gasteiger partial charge in [0.2, 0.25) is 5.91 Å². The standard InChI is InChI=1S/C18H18N2O3/c1-23-17-7-6-12(8-16(17)21)9-19-11-15-14-5-3-2-4-13(14)10-20-18(15)22/h2-8,11,15,21H,9-10H2,1H3,(H,20,22). The van der Waals surface area contributed by atoms with Crippen molar-refractivity contribution in [2.24, 2.45) is 4.99 Å². The van der Waals surface area contributed by atoms with E-state index in [1.807, 2.05) is 30.3 Å². The Morgan fingerprint density at radius 1 is 1.35 bits per heavy atom. The Kier molecular flexibility index (Phi) is 4.28. The van der Waals surface area contributed by atoms with E-state index >= 15 is 0 Å². The first kappa shape index (κ1) is 15.1. The molecule has 1 aliphatic rings. The number of phenolic OH excluding ortho intramolecular Hbond substituents is 1. The second kappa shape index (κ2) is 6.52. The number of nitrogens with one attached hydrogen (secondary N) is 1. The quantitative estimate of drug-likeness (QED) is 0.852. The number of nitrogens with zero attached hydrogens (tertiary/aromatic N) is 1. The van der Waals surface area contributed by atoms with Crippen LogP contribution in [0.15, 0.2) is 47.5 Å². The summed E-state index contributed by atoms with van der Waals surface area (Å²) < 4.78 is 5.01. The summed E-state index contributed by atoms with van der Waals surface area (Å²) in [6.07, 6.45) is 1.68. The first-order valence-electron chi connectivity index (χ1n) is 7.40. The van der Waals surface area contributed by atoms with Gasteiger partial charge in [-0.15, -0.1) is 0 Å². The molecule has 0 spiro atoms. The topological polar surface area (TPSA) is 70.9 Å². The first-order valence-corrected chi connectivity index (χ1v) is 7.40. The summed E-state index contributed by atoms with van der Waals surface area (Å²) in [5.74, 6) is 0.107. The second-order valence-corrected chi connectivity index (χ2v) is 5.39. The van der Waals surface area contributed by atoms with Crippen LogP contribution in [0.1, 0.15) is 22.6 Å². The number of aliphatic imine (C=N–C) groups is 1. The predicted molar refractivity (Wildman–Crippen MR) is 87.9 cm³/mol. The molecule has 5 heteroatoms. The second-order valence-electron chi connectivity index (χ2n) is 5.39. The fraction of sp³-hybridized carbons (Fsp3) is 0.222. The van der Waals surface area contributed by atoms with Crippen LogP contribution in [0.4, 0.5) is 0 Å². The van der Waals surface area contributed by atoms with Crippen molar-refractivity contribution < 1.29 is 14.6 Å². The van der Waals surface area contributed by atoms with E-state index in [9.17, 15) is 9.90 Å². The van der Waals surface area contributed by atoms with Crippen LogP contribution < -0.4 is 10.1 Å². The highest BCUT2D eigenvalue weighted by atomic mass is 16.5. The molecule has 2 N–H and O–H groups in total. The number of rotatable bonds is 4. The highest BCUT2D eigenvalue weighted by Gasteiger charge is 2.25. The van der Waals surface area contributed by atoms with Gasteiger partial charge in [-0.1, -0.05) is 30.3 Å². The number of benzene rings is 2. The van der Waals surface area contributed by atoms with Gasteiger partial charge in [0, 0.05) is 12.8 Å². The fourth-order valence-electron chi connectivity index (χ4n) is 2.68. The van der Waals surface area contributed by atoms with Crippen molar-refractivity contribution in [1.29, 1.82) is 0 Å². The van der Waals surface area contributed by atoms with Gasteiger partial charge in [-0.2, -0.15) is 0 Å². The van der Waals surface area contributed by atoms with E-state index in [2.05, 4.69) is 10.3 Å². The smallest absolute Gasteiger partial charge is 0.233 e. The number of methoxy groups -OCH3 is 1. The van der Waals surface area contributed by atoms with E-state index in [-0.39, 0.29) is 17.6 Å². The largest absolute Gasteiger partial charge is 0.504 e. The van der Waals surface area contributed by atoms with Gasteiger partial charge < -0.3 is 15.2 Å². The molecule has 0 radical (unpaired) electrons. The number of carbonyl (C=O) groups excluding carboxylic acids is 1. The minimum atomic E-state index is -0.369. The lowest BCUT2D eigenvalue weighted by Gasteiger charge is -2.22. The molecular formula is C18H18N2O3. The van der Waals surface area contributed by atoms with Crippen LogP contribution in [0, 0.1) is 0 Å². The van der Waals surface area contributed by atoms with Crippen LogP contribution >= 0.6 is 0 Å². The van der Waals surface area contributed by atoms with Gasteiger partial charge in [0.05, 0.1) is 19.6 Å². The summed E-state index contributed by atoms with van der Waals surface area (Å²) in [6.45, 7) is 0.954. The van der Waals surface area contributed by atoms with Crippen molar-refractivity contribution in [1.82, 2.24) is 5.32 Å². The molecule has 2 aromatic carbocycles. The Morgan fingerprint density at radius 2 is 2.17 bits per heavy atom. The third-order valence-electron chi connectivity index (χ3n) is 3.90. The lowest BCUT2D eigenvalue weighted by atomic mass is 9.91. The van der Waals surface area contributed by atoms with E-state index in [0.29, 0.717) is 18.8 Å². The minimum absolute atomic E-state index is 0.0370. The maximum absolute atomic E-state index is 12.1. The van der Waals surface area contributed by atoms with Crippen molar-refractivity contribution in [2.45, 2.75) is 19.0 Å². The Hall–Kier alpha value is -2.82. The molecule has 1 heterocycles. The lowest BCUT2D eigenvalue weighted by Crippen LogP contribution is -2.35. The van der Waals surface area contributed by atoms with E-state index in [0.717, 1.165) is 16.7 Å². The Balaban J connectivity index is 1.75. The number of phenols is 1. The molecule has 1 amide bonds. The molecule has 118 valence electrons. The van der Waals surface area contributed by atoms with E-state index in [4.69, 9.17) is 4.74 Å². The molecule has 3 rings (SSSR count). The van der Waals surface area contributed by atoms with Crippen LogP contribution in [-0.2, 0) is 17.9 Å². The molecule has 0 fully saturated rings. The maximum Gasteiger partial charge on any atom is 0.233 e. The minimum Gasteiger partial charge on any atom is -0.504 e. The first-order chi connectivity index (χ1) is 11.2. The fourth-order valence-corrected chi connectivity index (χ4v) is 2.68. The van der Waals surface area contributed by atoms with Gasteiger partial charge in [-0.05, 0) is 28.8 Å². The molecule has 5 nitrogen and oxygen atoms in total. The zero-order valence-corrected chi connectivity index (χ0v) is 12.8. The molecule has 0 aromatic heterocycles. The average molecular weight is 310 g/mol. The van der Waals surface area contributed by atoms with Crippen molar-refractivity contribution >= 4 is 12.1 Å². The number of hydrogen-bond donors (Lipinski definition) is 2. The van der Waals surface area contributed by atoms with Crippen LogP contribution in [0.3, 0.4) is 0 Å². The normalized spacial score (nSPS) is 16.9. The molecule has 0 bridgehead atoms. The van der Waals surface area contributed by atoms with Crippen LogP contribution in [-0.4, -0.2) is 24.3 Å². The van der Waals surface area contributed by atoms with Crippen LogP contribution in [0.25, 0.3) is 0 Å². The predicted octanol–water partition coefficient (Wildman–Crippen LogP) is 2.39. The van der Waals surface area contributed by atoms with Gasteiger partial charge >= 0.3 is 0 Å². The number of fused-ring (bicyclic) bond motifs is 1. The van der Waals surface area contributed by atoms with Crippen molar-refractivity contribution in [2.75, 3.05) is 7.11 Å². The summed E-state index contributed by atoms with van der Waals surface area (Å²) in [5.41, 5.74) is 2.97. The van der Waals surface area contributed by atoms with Gasteiger partial charge in [0.15, 0.2) is 11.5 Å². The van der Waals surface area contributed by atoms with E-state index < -0.39 is 0 Å². The maximum atomic E-state index is 12.1. The molecule has 2 aromatic rings. The number of aromatic hydroxyl groups is 1. The van der Waals surface area contributed by atoms with Crippen molar-refractivity contribution in [3.05, 3.63) is 59.2 Å².